The van der Waals surface area contributed by atoms with Crippen LogP contribution in [-0.4, -0.2) is 11.2 Å². The van der Waals surface area contributed by atoms with Crippen LogP contribution in [0.25, 0.3) is 0 Å². The first-order valence-electron chi connectivity index (χ1n) is 3.65. The molecule has 0 aromatic carbocycles. The van der Waals surface area contributed by atoms with Crippen molar-refractivity contribution in [1.82, 2.24) is 0 Å². The summed E-state index contributed by atoms with van der Waals surface area (Å²) in [6.07, 6.45) is 5.55. The molecule has 0 bridgehead atoms. The predicted molar refractivity (Wildman–Crippen MR) is 35.9 cm³/mol. The highest BCUT2D eigenvalue weighted by molar-refractivity contribution is 5.13. The van der Waals surface area contributed by atoms with Crippen LogP contribution in [0.1, 0.15) is 13.3 Å². The molecule has 0 amide bonds. The Labute approximate surface area is 55.4 Å². The van der Waals surface area contributed by atoms with Crippen LogP contribution in [-0.2, 0) is 0 Å². The third-order valence-corrected chi connectivity index (χ3v) is 2.85. The Morgan fingerprint density at radius 1 is 1.56 bits per heavy atom. The van der Waals surface area contributed by atoms with Gasteiger partial charge >= 0.3 is 0 Å². The van der Waals surface area contributed by atoms with Crippen molar-refractivity contribution in [2.75, 3.05) is 0 Å². The monoisotopic (exact) mass is 124 g/mol. The van der Waals surface area contributed by atoms with E-state index >= 15 is 0 Å². The average Bonchev–Trinajstić information content (AvgIpc) is 2.30. The van der Waals surface area contributed by atoms with Crippen LogP contribution in [0.4, 0.5) is 0 Å². The normalized spacial score (nSPS) is 54.9. The lowest BCUT2D eigenvalue weighted by atomic mass is 9.65. The number of fused-ring (bicyclic) bond motifs is 1. The number of rotatable bonds is 0. The van der Waals surface area contributed by atoms with Crippen molar-refractivity contribution >= 4 is 0 Å². The molecule has 2 aliphatic rings. The van der Waals surface area contributed by atoms with Gasteiger partial charge in [0.15, 0.2) is 0 Å². The lowest BCUT2D eigenvalue weighted by Gasteiger charge is -2.43. The maximum absolute atomic E-state index is 9.35. The minimum absolute atomic E-state index is 0.00926. The molecule has 0 heterocycles. The van der Waals surface area contributed by atoms with Gasteiger partial charge in [0.2, 0.25) is 0 Å². The summed E-state index contributed by atoms with van der Waals surface area (Å²) in [4.78, 5) is 0. The molecular formula is C8H12O. The summed E-state index contributed by atoms with van der Waals surface area (Å²) in [5.74, 6) is 1.81. The largest absolute Gasteiger partial charge is 0.393 e. The number of allylic oxidation sites excluding steroid dienone is 2. The second-order valence-electron chi connectivity index (χ2n) is 3.25. The van der Waals surface area contributed by atoms with Gasteiger partial charge < -0.3 is 5.11 Å². The van der Waals surface area contributed by atoms with E-state index in [0.29, 0.717) is 17.8 Å². The Morgan fingerprint density at radius 2 is 2.33 bits per heavy atom. The molecule has 0 spiro atoms. The summed E-state index contributed by atoms with van der Waals surface area (Å²) < 4.78 is 0. The van der Waals surface area contributed by atoms with Crippen LogP contribution in [0.3, 0.4) is 0 Å². The zero-order valence-electron chi connectivity index (χ0n) is 5.62. The van der Waals surface area contributed by atoms with Gasteiger partial charge in [0.1, 0.15) is 0 Å². The van der Waals surface area contributed by atoms with Crippen molar-refractivity contribution < 1.29 is 5.11 Å². The van der Waals surface area contributed by atoms with E-state index in [1.54, 1.807) is 0 Å². The van der Waals surface area contributed by atoms with Gasteiger partial charge in [-0.05, 0) is 24.2 Å². The Morgan fingerprint density at radius 3 is 3.00 bits per heavy atom. The van der Waals surface area contributed by atoms with Crippen LogP contribution in [0.2, 0.25) is 0 Å². The molecule has 4 atom stereocenters. The van der Waals surface area contributed by atoms with Crippen LogP contribution in [0.5, 0.6) is 0 Å². The fraction of sp³-hybridized carbons (Fsp3) is 0.750. The highest BCUT2D eigenvalue weighted by Crippen LogP contribution is 2.46. The van der Waals surface area contributed by atoms with Gasteiger partial charge in [0.25, 0.3) is 0 Å². The van der Waals surface area contributed by atoms with Crippen LogP contribution in [0.15, 0.2) is 12.2 Å². The molecule has 1 N–H and O–H groups in total. The fourth-order valence-electron chi connectivity index (χ4n) is 2.10. The molecule has 4 unspecified atom stereocenters. The van der Waals surface area contributed by atoms with E-state index in [-0.39, 0.29) is 6.10 Å². The van der Waals surface area contributed by atoms with E-state index in [4.69, 9.17) is 0 Å². The molecule has 1 fully saturated rings. The standard InChI is InChI=1S/C8H12O/c1-5-6-3-2-4-7(6)8(5)9/h2-3,5-9H,4H2,1H3. The summed E-state index contributed by atoms with van der Waals surface area (Å²) >= 11 is 0. The van der Waals surface area contributed by atoms with E-state index in [9.17, 15) is 5.11 Å². The first-order chi connectivity index (χ1) is 4.30. The first-order valence-corrected chi connectivity index (χ1v) is 3.65. The maximum Gasteiger partial charge on any atom is 0.0608 e. The number of aliphatic hydroxyl groups is 1. The predicted octanol–water partition coefficient (Wildman–Crippen LogP) is 1.19. The van der Waals surface area contributed by atoms with Gasteiger partial charge in [-0.3, -0.25) is 0 Å². The van der Waals surface area contributed by atoms with Crippen LogP contribution >= 0.6 is 0 Å². The number of aliphatic hydroxyl groups excluding tert-OH is 1. The van der Waals surface area contributed by atoms with Crippen LogP contribution < -0.4 is 0 Å². The van der Waals surface area contributed by atoms with Gasteiger partial charge in [-0.1, -0.05) is 19.1 Å². The zero-order valence-corrected chi connectivity index (χ0v) is 5.62. The molecule has 1 nitrogen and oxygen atoms in total. The molecular weight excluding hydrogens is 112 g/mol. The molecule has 0 aromatic rings. The molecule has 0 aliphatic heterocycles. The average molecular weight is 124 g/mol. The van der Waals surface area contributed by atoms with Gasteiger partial charge in [0.05, 0.1) is 6.10 Å². The molecule has 2 aliphatic carbocycles. The summed E-state index contributed by atoms with van der Waals surface area (Å²) in [6, 6.07) is 0. The van der Waals surface area contributed by atoms with Crippen molar-refractivity contribution in [3.63, 3.8) is 0 Å². The van der Waals surface area contributed by atoms with Crippen molar-refractivity contribution in [3.05, 3.63) is 12.2 Å². The van der Waals surface area contributed by atoms with Crippen molar-refractivity contribution in [2.24, 2.45) is 17.8 Å². The van der Waals surface area contributed by atoms with Crippen molar-refractivity contribution in [3.8, 4) is 0 Å². The Hall–Kier alpha value is -0.300. The zero-order chi connectivity index (χ0) is 6.43. The molecule has 1 saturated carbocycles. The molecule has 0 radical (unpaired) electrons. The molecule has 1 heteroatoms. The Bertz CT molecular complexity index is 151. The maximum atomic E-state index is 9.35. The van der Waals surface area contributed by atoms with Crippen molar-refractivity contribution in [2.45, 2.75) is 19.4 Å². The lowest BCUT2D eigenvalue weighted by molar-refractivity contribution is -0.0630. The van der Waals surface area contributed by atoms with E-state index in [1.165, 1.54) is 0 Å². The molecule has 0 saturated heterocycles. The quantitative estimate of drug-likeness (QED) is 0.481. The lowest BCUT2D eigenvalue weighted by Crippen LogP contribution is -2.46. The van der Waals surface area contributed by atoms with E-state index in [2.05, 4.69) is 19.1 Å². The molecule has 2 rings (SSSR count). The van der Waals surface area contributed by atoms with E-state index in [0.717, 1.165) is 6.42 Å². The van der Waals surface area contributed by atoms with Gasteiger partial charge in [-0.2, -0.15) is 0 Å². The second kappa shape index (κ2) is 1.60. The highest BCUT2D eigenvalue weighted by atomic mass is 16.3. The first kappa shape index (κ1) is 5.48. The molecule has 9 heavy (non-hydrogen) atoms. The van der Waals surface area contributed by atoms with Crippen LogP contribution in [0, 0.1) is 17.8 Å². The third kappa shape index (κ3) is 0.531. The van der Waals surface area contributed by atoms with E-state index < -0.39 is 0 Å². The minimum Gasteiger partial charge on any atom is -0.393 e. The van der Waals surface area contributed by atoms with Gasteiger partial charge in [-0.25, -0.2) is 0 Å². The summed E-state index contributed by atoms with van der Waals surface area (Å²) in [5.41, 5.74) is 0. The SMILES string of the molecule is CC1C(O)C2CC=CC12. The topological polar surface area (TPSA) is 20.2 Å². The second-order valence-corrected chi connectivity index (χ2v) is 3.25. The fourth-order valence-corrected chi connectivity index (χ4v) is 2.10. The molecule has 50 valence electrons. The number of hydrogen-bond donors (Lipinski definition) is 1. The number of hydrogen-bond acceptors (Lipinski definition) is 1. The van der Waals surface area contributed by atoms with Gasteiger partial charge in [-0.15, -0.1) is 0 Å². The molecule has 0 aromatic heterocycles. The van der Waals surface area contributed by atoms with E-state index in [1.807, 2.05) is 0 Å². The Balaban J connectivity index is 2.12. The summed E-state index contributed by atoms with van der Waals surface area (Å²) in [7, 11) is 0. The highest BCUT2D eigenvalue weighted by Gasteiger charge is 2.46. The minimum atomic E-state index is -0.00926. The Kier molecular flexibility index (Phi) is 0.974. The summed E-state index contributed by atoms with van der Waals surface area (Å²) in [5, 5.41) is 9.35. The summed E-state index contributed by atoms with van der Waals surface area (Å²) in [6.45, 7) is 2.13. The third-order valence-electron chi connectivity index (χ3n) is 2.85. The van der Waals surface area contributed by atoms with Crippen molar-refractivity contribution in [1.29, 1.82) is 0 Å². The smallest absolute Gasteiger partial charge is 0.0608 e. The van der Waals surface area contributed by atoms with Gasteiger partial charge in [0, 0.05) is 0 Å².